The van der Waals surface area contributed by atoms with Gasteiger partial charge in [0.2, 0.25) is 6.10 Å². The summed E-state index contributed by atoms with van der Waals surface area (Å²) in [4.78, 5) is 35.9. The minimum absolute atomic E-state index is 0.0722. The molecule has 2 atom stereocenters. The number of piperidine rings is 1. The van der Waals surface area contributed by atoms with E-state index in [2.05, 4.69) is 0 Å². The Morgan fingerprint density at radius 3 is 2.48 bits per heavy atom. The molecule has 2 heterocycles. The summed E-state index contributed by atoms with van der Waals surface area (Å²) >= 11 is 0. The maximum absolute atomic E-state index is 12.8. The van der Waals surface area contributed by atoms with E-state index in [1.54, 1.807) is 11.8 Å². The summed E-state index contributed by atoms with van der Waals surface area (Å²) in [6.45, 7) is 2.16. The molecular weight excluding hydrogens is 397 g/mol. The first-order chi connectivity index (χ1) is 13.6. The smallest absolute Gasteiger partial charge is 0.416 e. The number of cyclic esters (lactones) is 1. The van der Waals surface area contributed by atoms with E-state index in [4.69, 9.17) is 9.47 Å². The Labute approximate surface area is 163 Å². The van der Waals surface area contributed by atoms with Gasteiger partial charge in [0.05, 0.1) is 16.4 Å². The molecule has 1 aromatic carbocycles. The summed E-state index contributed by atoms with van der Waals surface area (Å²) in [6, 6.07) is 2.40. The maximum atomic E-state index is 12.8. The normalized spacial score (nSPS) is 23.0. The lowest BCUT2D eigenvalue weighted by molar-refractivity contribution is -0.384. The fraction of sp³-hybridized carbons (Fsp3) is 0.556. The van der Waals surface area contributed by atoms with Gasteiger partial charge in [-0.3, -0.25) is 14.9 Å². The van der Waals surface area contributed by atoms with E-state index in [0.717, 1.165) is 12.1 Å². The summed E-state index contributed by atoms with van der Waals surface area (Å²) in [6.07, 6.45) is -5.03. The third kappa shape index (κ3) is 4.60. The zero-order valence-corrected chi connectivity index (χ0v) is 15.5. The minimum Gasteiger partial charge on any atom is -0.460 e. The highest BCUT2D eigenvalue weighted by atomic mass is 19.4. The van der Waals surface area contributed by atoms with Crippen molar-refractivity contribution in [3.05, 3.63) is 33.9 Å². The molecule has 11 heteroatoms. The number of nitro benzene ring substituents is 1. The average molecular weight is 416 g/mol. The SMILES string of the molecule is C[C@@H]1C[C@H](OC(=O)C2CCN(c3ccc(C(F)(F)F)cc3[N+](=O)[O-])CC2)C(=O)O1. The van der Waals surface area contributed by atoms with Crippen molar-refractivity contribution in [2.45, 2.75) is 44.6 Å². The lowest BCUT2D eigenvalue weighted by Crippen LogP contribution is -2.38. The molecule has 0 saturated carbocycles. The van der Waals surface area contributed by atoms with Crippen molar-refractivity contribution in [1.82, 2.24) is 0 Å². The molecule has 2 saturated heterocycles. The molecule has 0 radical (unpaired) electrons. The van der Waals surface area contributed by atoms with E-state index in [-0.39, 0.29) is 24.9 Å². The fourth-order valence-electron chi connectivity index (χ4n) is 3.52. The van der Waals surface area contributed by atoms with Gasteiger partial charge in [-0.05, 0) is 31.9 Å². The molecule has 0 aromatic heterocycles. The van der Waals surface area contributed by atoms with Gasteiger partial charge in [-0.15, -0.1) is 0 Å². The van der Waals surface area contributed by atoms with Gasteiger partial charge in [-0.1, -0.05) is 0 Å². The van der Waals surface area contributed by atoms with Crippen LogP contribution in [-0.2, 0) is 25.2 Å². The van der Waals surface area contributed by atoms with Crippen LogP contribution in [0.15, 0.2) is 18.2 Å². The first kappa shape index (κ1) is 20.9. The second kappa shape index (κ2) is 7.88. The number of hydrogen-bond donors (Lipinski definition) is 0. The topological polar surface area (TPSA) is 99.0 Å². The lowest BCUT2D eigenvalue weighted by Gasteiger charge is -2.32. The lowest BCUT2D eigenvalue weighted by atomic mass is 9.96. The molecule has 0 bridgehead atoms. The highest BCUT2D eigenvalue weighted by Gasteiger charge is 2.38. The zero-order chi connectivity index (χ0) is 21.3. The number of halogens is 3. The van der Waals surface area contributed by atoms with Gasteiger partial charge in [0.15, 0.2) is 0 Å². The highest BCUT2D eigenvalue weighted by Crippen LogP contribution is 2.37. The van der Waals surface area contributed by atoms with Crippen molar-refractivity contribution in [2.24, 2.45) is 5.92 Å². The van der Waals surface area contributed by atoms with Gasteiger partial charge in [0.25, 0.3) is 5.69 Å². The fourth-order valence-corrected chi connectivity index (χ4v) is 3.52. The average Bonchev–Trinajstić information content (AvgIpc) is 2.97. The number of esters is 2. The molecule has 0 aliphatic carbocycles. The number of anilines is 1. The van der Waals surface area contributed by atoms with Gasteiger partial charge in [0.1, 0.15) is 11.8 Å². The number of alkyl halides is 3. The Hall–Kier alpha value is -2.85. The number of benzene rings is 1. The first-order valence-electron chi connectivity index (χ1n) is 9.08. The van der Waals surface area contributed by atoms with E-state index in [0.29, 0.717) is 25.3 Å². The van der Waals surface area contributed by atoms with Gasteiger partial charge in [0, 0.05) is 25.6 Å². The molecule has 0 spiro atoms. The summed E-state index contributed by atoms with van der Waals surface area (Å²) < 4.78 is 48.7. The summed E-state index contributed by atoms with van der Waals surface area (Å²) in [7, 11) is 0. The monoisotopic (exact) mass is 416 g/mol. The predicted octanol–water partition coefficient (Wildman–Crippen LogP) is 3.08. The number of rotatable bonds is 4. The van der Waals surface area contributed by atoms with E-state index < -0.39 is 46.3 Å². The van der Waals surface area contributed by atoms with Gasteiger partial charge < -0.3 is 14.4 Å². The number of nitro groups is 1. The third-order valence-corrected chi connectivity index (χ3v) is 5.05. The van der Waals surface area contributed by atoms with Gasteiger partial charge >= 0.3 is 18.1 Å². The number of carbonyl (C=O) groups excluding carboxylic acids is 2. The minimum atomic E-state index is -4.68. The third-order valence-electron chi connectivity index (χ3n) is 5.05. The van der Waals surface area contributed by atoms with Crippen molar-refractivity contribution in [1.29, 1.82) is 0 Å². The van der Waals surface area contributed by atoms with Crippen LogP contribution in [0.5, 0.6) is 0 Å². The Kier molecular flexibility index (Phi) is 5.67. The molecule has 2 fully saturated rings. The van der Waals surface area contributed by atoms with Crippen LogP contribution in [0.25, 0.3) is 0 Å². The molecule has 2 aliphatic heterocycles. The standard InChI is InChI=1S/C18H19F3N2O6/c1-10-8-15(17(25)28-10)29-16(24)11-4-6-22(7-5-11)13-3-2-12(18(19,20)21)9-14(13)23(26)27/h2-3,9-11,15H,4-8H2,1H3/t10-,15+/m1/s1. The van der Waals surface area contributed by atoms with E-state index in [1.165, 1.54) is 0 Å². The van der Waals surface area contributed by atoms with Gasteiger partial charge in [-0.25, -0.2) is 4.79 Å². The molecular formula is C18H19F3N2O6. The Morgan fingerprint density at radius 1 is 1.31 bits per heavy atom. The van der Waals surface area contributed by atoms with Crippen LogP contribution >= 0.6 is 0 Å². The van der Waals surface area contributed by atoms with Crippen molar-refractivity contribution < 1.29 is 37.2 Å². The van der Waals surface area contributed by atoms with Crippen LogP contribution in [0.2, 0.25) is 0 Å². The summed E-state index contributed by atoms with van der Waals surface area (Å²) in [5.41, 5.74) is -1.66. The largest absolute Gasteiger partial charge is 0.460 e. The number of nitrogens with zero attached hydrogens (tertiary/aromatic N) is 2. The van der Waals surface area contributed by atoms with Crippen LogP contribution in [0.1, 0.15) is 31.7 Å². The first-order valence-corrected chi connectivity index (χ1v) is 9.08. The molecule has 29 heavy (non-hydrogen) atoms. The van der Waals surface area contributed by atoms with Crippen LogP contribution in [0.4, 0.5) is 24.5 Å². The Morgan fingerprint density at radius 2 is 1.97 bits per heavy atom. The maximum Gasteiger partial charge on any atom is 0.416 e. The molecule has 158 valence electrons. The number of ether oxygens (including phenoxy) is 2. The van der Waals surface area contributed by atoms with Crippen LogP contribution in [0, 0.1) is 16.0 Å². The molecule has 2 aliphatic rings. The summed E-state index contributed by atoms with van der Waals surface area (Å²) in [5, 5.41) is 11.3. The van der Waals surface area contributed by atoms with E-state index in [9.17, 15) is 32.9 Å². The molecule has 0 amide bonds. The van der Waals surface area contributed by atoms with Gasteiger partial charge in [-0.2, -0.15) is 13.2 Å². The Balaban J connectivity index is 1.65. The van der Waals surface area contributed by atoms with E-state index in [1.807, 2.05) is 0 Å². The number of hydrogen-bond acceptors (Lipinski definition) is 7. The molecule has 8 nitrogen and oxygen atoms in total. The Bertz CT molecular complexity index is 820. The molecule has 0 unspecified atom stereocenters. The summed E-state index contributed by atoms with van der Waals surface area (Å²) in [5.74, 6) is -1.62. The van der Waals surface area contributed by atoms with Crippen LogP contribution < -0.4 is 4.90 Å². The van der Waals surface area contributed by atoms with Crippen LogP contribution in [-0.4, -0.2) is 42.2 Å². The molecule has 3 rings (SSSR count). The zero-order valence-electron chi connectivity index (χ0n) is 15.5. The molecule has 0 N–H and O–H groups in total. The number of carbonyl (C=O) groups is 2. The highest BCUT2D eigenvalue weighted by molar-refractivity contribution is 5.82. The predicted molar refractivity (Wildman–Crippen MR) is 93.1 cm³/mol. The quantitative estimate of drug-likeness (QED) is 0.423. The van der Waals surface area contributed by atoms with Crippen LogP contribution in [0.3, 0.4) is 0 Å². The van der Waals surface area contributed by atoms with E-state index >= 15 is 0 Å². The van der Waals surface area contributed by atoms with Crippen molar-refractivity contribution in [3.8, 4) is 0 Å². The second-order valence-corrected chi connectivity index (χ2v) is 7.13. The van der Waals surface area contributed by atoms with Crippen molar-refractivity contribution >= 4 is 23.3 Å². The second-order valence-electron chi connectivity index (χ2n) is 7.13. The molecule has 1 aromatic rings. The van der Waals surface area contributed by atoms with Crippen molar-refractivity contribution in [3.63, 3.8) is 0 Å². The van der Waals surface area contributed by atoms with Crippen molar-refractivity contribution in [2.75, 3.05) is 18.0 Å².